The molecule has 0 fully saturated rings. The number of benzene rings is 5. The summed E-state index contributed by atoms with van der Waals surface area (Å²) in [5.74, 6) is -0.625. The fourth-order valence-electron chi connectivity index (χ4n) is 5.27. The number of carbonyl (C=O) groups is 2. The number of ether oxygens (including phenoxy) is 1. The Hall–Kier alpha value is -5.92. The number of para-hydroxylation sites is 2. The topological polar surface area (TPSA) is 97.6 Å². The third-order valence-corrected chi connectivity index (χ3v) is 7.93. The van der Waals surface area contributed by atoms with Crippen molar-refractivity contribution in [3.8, 4) is 33.8 Å². The molecular formula is C39H29ClN2O5. The van der Waals surface area contributed by atoms with Crippen LogP contribution in [-0.4, -0.2) is 21.6 Å². The SMILES string of the molecule is O=C(Nc1cc(-c2ccccc2Oc2ccccc2)cn(C(Cc2ccc(Cl)cc2)C(=O)O)c1=O)c1ccc(-c2ccccc2)cc1. The van der Waals surface area contributed by atoms with Crippen molar-refractivity contribution < 1.29 is 19.4 Å². The summed E-state index contributed by atoms with van der Waals surface area (Å²) in [7, 11) is 0. The number of halogens is 1. The Balaban J connectivity index is 1.41. The fraction of sp³-hybridized carbons (Fsp3) is 0.0513. The number of carboxylic acid groups (broad SMARTS) is 1. The number of carbonyl (C=O) groups excluding carboxylic acids is 1. The van der Waals surface area contributed by atoms with Gasteiger partial charge in [0.25, 0.3) is 11.5 Å². The lowest BCUT2D eigenvalue weighted by Crippen LogP contribution is -2.33. The fourth-order valence-corrected chi connectivity index (χ4v) is 5.39. The number of nitrogens with zero attached hydrogens (tertiary/aromatic N) is 1. The van der Waals surface area contributed by atoms with Crippen LogP contribution in [0.4, 0.5) is 5.69 Å². The molecule has 1 atom stereocenters. The third kappa shape index (κ3) is 7.32. The molecule has 2 N–H and O–H groups in total. The third-order valence-electron chi connectivity index (χ3n) is 7.68. The number of pyridine rings is 1. The first kappa shape index (κ1) is 31.1. The van der Waals surface area contributed by atoms with E-state index in [1.54, 1.807) is 48.5 Å². The minimum atomic E-state index is -1.29. The number of hydrogen-bond acceptors (Lipinski definition) is 4. The number of nitrogens with one attached hydrogen (secondary N) is 1. The van der Waals surface area contributed by atoms with Gasteiger partial charge in [0.15, 0.2) is 0 Å². The van der Waals surface area contributed by atoms with Crippen LogP contribution in [0.2, 0.25) is 5.02 Å². The normalized spacial score (nSPS) is 11.4. The molecule has 0 saturated carbocycles. The molecule has 0 bridgehead atoms. The van der Waals surface area contributed by atoms with E-state index in [-0.39, 0.29) is 12.1 Å². The van der Waals surface area contributed by atoms with Gasteiger partial charge in [-0.05, 0) is 65.2 Å². The minimum Gasteiger partial charge on any atom is -0.480 e. The van der Waals surface area contributed by atoms with Crippen molar-refractivity contribution in [1.29, 1.82) is 0 Å². The number of amides is 1. The minimum absolute atomic E-state index is 0.00631. The molecule has 0 saturated heterocycles. The monoisotopic (exact) mass is 640 g/mol. The lowest BCUT2D eigenvalue weighted by atomic mass is 10.0. The van der Waals surface area contributed by atoms with Crippen molar-refractivity contribution in [3.05, 3.63) is 172 Å². The van der Waals surface area contributed by atoms with Crippen molar-refractivity contribution >= 4 is 29.2 Å². The van der Waals surface area contributed by atoms with Gasteiger partial charge >= 0.3 is 5.97 Å². The summed E-state index contributed by atoms with van der Waals surface area (Å²) in [6, 6.07) is 40.3. The molecule has 0 aliphatic rings. The number of carboxylic acids is 1. The predicted octanol–water partition coefficient (Wildman–Crippen LogP) is 8.75. The van der Waals surface area contributed by atoms with Crippen LogP contribution in [0.3, 0.4) is 0 Å². The van der Waals surface area contributed by atoms with Gasteiger partial charge in [0.1, 0.15) is 23.2 Å². The molecule has 0 radical (unpaired) electrons. The van der Waals surface area contributed by atoms with Crippen LogP contribution in [0.1, 0.15) is 22.0 Å². The van der Waals surface area contributed by atoms with E-state index in [1.165, 1.54) is 6.20 Å². The zero-order chi connectivity index (χ0) is 32.8. The van der Waals surface area contributed by atoms with E-state index < -0.39 is 23.5 Å². The van der Waals surface area contributed by atoms with Crippen LogP contribution < -0.4 is 15.6 Å². The maximum absolute atomic E-state index is 14.0. The van der Waals surface area contributed by atoms with Gasteiger partial charge in [-0.25, -0.2) is 4.79 Å². The van der Waals surface area contributed by atoms with Gasteiger partial charge in [-0.2, -0.15) is 0 Å². The van der Waals surface area contributed by atoms with Gasteiger partial charge in [0.2, 0.25) is 0 Å². The van der Waals surface area contributed by atoms with Gasteiger partial charge in [-0.3, -0.25) is 14.2 Å². The molecular weight excluding hydrogens is 612 g/mol. The number of aromatic nitrogens is 1. The molecule has 1 unspecified atom stereocenters. The van der Waals surface area contributed by atoms with Gasteiger partial charge in [0.05, 0.1) is 0 Å². The summed E-state index contributed by atoms with van der Waals surface area (Å²) in [6.07, 6.45) is 1.50. The smallest absolute Gasteiger partial charge is 0.327 e. The molecule has 0 aliphatic carbocycles. The average molecular weight is 641 g/mol. The Morgan fingerprint density at radius 3 is 2.04 bits per heavy atom. The molecule has 232 valence electrons. The van der Waals surface area contributed by atoms with Crippen LogP contribution in [0.25, 0.3) is 22.3 Å². The molecule has 1 amide bonds. The highest BCUT2D eigenvalue weighted by Crippen LogP contribution is 2.34. The van der Waals surface area contributed by atoms with Gasteiger partial charge in [0, 0.05) is 34.3 Å². The first-order chi connectivity index (χ1) is 22.9. The van der Waals surface area contributed by atoms with E-state index >= 15 is 0 Å². The van der Waals surface area contributed by atoms with Crippen LogP contribution in [0.15, 0.2) is 151 Å². The van der Waals surface area contributed by atoms with Gasteiger partial charge in [-0.15, -0.1) is 0 Å². The van der Waals surface area contributed by atoms with E-state index in [9.17, 15) is 19.5 Å². The first-order valence-electron chi connectivity index (χ1n) is 14.9. The summed E-state index contributed by atoms with van der Waals surface area (Å²) >= 11 is 6.05. The number of hydrogen-bond donors (Lipinski definition) is 2. The summed E-state index contributed by atoms with van der Waals surface area (Å²) in [4.78, 5) is 40.1. The van der Waals surface area contributed by atoms with Crippen molar-refractivity contribution in [2.75, 3.05) is 5.32 Å². The Morgan fingerprint density at radius 2 is 1.36 bits per heavy atom. The highest BCUT2D eigenvalue weighted by Gasteiger charge is 2.25. The summed E-state index contributed by atoms with van der Waals surface area (Å²) < 4.78 is 7.34. The standard InChI is InChI=1S/C39H29ClN2O5/c40-31-21-15-26(16-22-31)23-35(39(45)46)42-25-30(33-13-7-8-14-36(33)47-32-11-5-2-6-12-32)24-34(38(42)44)41-37(43)29-19-17-28(18-20-29)27-9-3-1-4-10-27/h1-22,24-25,35H,23H2,(H,41,43)(H,45,46). The summed E-state index contributed by atoms with van der Waals surface area (Å²) in [5, 5.41) is 13.6. The van der Waals surface area contributed by atoms with Gasteiger partial charge in [-0.1, -0.05) is 103 Å². The zero-order valence-corrected chi connectivity index (χ0v) is 25.8. The van der Waals surface area contributed by atoms with E-state index in [0.717, 1.165) is 15.7 Å². The Labute approximate surface area is 276 Å². The van der Waals surface area contributed by atoms with E-state index in [0.29, 0.717) is 38.8 Å². The zero-order valence-electron chi connectivity index (χ0n) is 25.0. The second-order valence-corrected chi connectivity index (χ2v) is 11.3. The highest BCUT2D eigenvalue weighted by atomic mass is 35.5. The average Bonchev–Trinajstić information content (AvgIpc) is 3.10. The molecule has 6 rings (SSSR count). The maximum Gasteiger partial charge on any atom is 0.327 e. The molecule has 1 aromatic heterocycles. The lowest BCUT2D eigenvalue weighted by Gasteiger charge is -2.20. The van der Waals surface area contributed by atoms with Crippen LogP contribution in [0.5, 0.6) is 11.5 Å². The van der Waals surface area contributed by atoms with Crippen molar-refractivity contribution in [2.24, 2.45) is 0 Å². The molecule has 6 aromatic rings. The van der Waals surface area contributed by atoms with E-state index in [2.05, 4.69) is 5.32 Å². The molecule has 0 spiro atoms. The van der Waals surface area contributed by atoms with Crippen molar-refractivity contribution in [3.63, 3.8) is 0 Å². The number of rotatable bonds is 10. The van der Waals surface area contributed by atoms with Crippen LogP contribution in [-0.2, 0) is 11.2 Å². The number of aliphatic carboxylic acids is 1. The van der Waals surface area contributed by atoms with Crippen molar-refractivity contribution in [1.82, 2.24) is 4.57 Å². The Kier molecular flexibility index (Phi) is 9.27. The quantitative estimate of drug-likeness (QED) is 0.156. The molecule has 8 heteroatoms. The largest absolute Gasteiger partial charge is 0.480 e. The second kappa shape index (κ2) is 14.0. The van der Waals surface area contributed by atoms with Gasteiger partial charge < -0.3 is 15.2 Å². The second-order valence-electron chi connectivity index (χ2n) is 10.8. The van der Waals surface area contributed by atoms with E-state index in [4.69, 9.17) is 16.3 Å². The van der Waals surface area contributed by atoms with Crippen molar-refractivity contribution in [2.45, 2.75) is 12.5 Å². The molecule has 7 nitrogen and oxygen atoms in total. The summed E-state index contributed by atoms with van der Waals surface area (Å²) in [5.41, 5.74) is 3.31. The highest BCUT2D eigenvalue weighted by molar-refractivity contribution is 6.30. The van der Waals surface area contributed by atoms with Crippen LogP contribution in [0, 0.1) is 0 Å². The number of anilines is 1. The molecule has 5 aromatic carbocycles. The summed E-state index contributed by atoms with van der Waals surface area (Å²) in [6.45, 7) is 0. The Morgan fingerprint density at radius 1 is 0.745 bits per heavy atom. The first-order valence-corrected chi connectivity index (χ1v) is 15.3. The van der Waals surface area contributed by atoms with E-state index in [1.807, 2.05) is 91.0 Å². The lowest BCUT2D eigenvalue weighted by molar-refractivity contribution is -0.141. The predicted molar refractivity (Wildman–Crippen MR) is 184 cm³/mol. The van der Waals surface area contributed by atoms with Crippen LogP contribution >= 0.6 is 11.6 Å². The molecule has 1 heterocycles. The molecule has 47 heavy (non-hydrogen) atoms. The Bertz CT molecular complexity index is 2080. The molecule has 0 aliphatic heterocycles. The maximum atomic E-state index is 14.0.